The molecule has 0 aromatic heterocycles. The second-order valence-electron chi connectivity index (χ2n) is 7.37. The van der Waals surface area contributed by atoms with Crippen LogP contribution in [-0.4, -0.2) is 18.1 Å². The van der Waals surface area contributed by atoms with Crippen LogP contribution in [0.25, 0.3) is 0 Å². The topological polar surface area (TPSA) is 12.5 Å². The van der Waals surface area contributed by atoms with Crippen LogP contribution in [0.15, 0.2) is 78.9 Å². The minimum absolute atomic E-state index is 0.522. The van der Waals surface area contributed by atoms with Gasteiger partial charge in [0.2, 0.25) is 0 Å². The molecule has 0 heterocycles. The van der Waals surface area contributed by atoms with Gasteiger partial charge in [-0.05, 0) is 47.6 Å². The molecule has 0 N–H and O–H groups in total. The van der Waals surface area contributed by atoms with Crippen molar-refractivity contribution in [1.82, 2.24) is 4.90 Å². The molecule has 2 heteroatoms. The molecule has 0 spiro atoms. The largest absolute Gasteiger partial charge is 0.496 e. The molecule has 138 valence electrons. The van der Waals surface area contributed by atoms with Crippen molar-refractivity contribution < 1.29 is 4.74 Å². The highest BCUT2D eigenvalue weighted by molar-refractivity contribution is 5.42. The summed E-state index contributed by atoms with van der Waals surface area (Å²) in [6.07, 6.45) is 3.37. The minimum Gasteiger partial charge on any atom is -0.496 e. The summed E-state index contributed by atoms with van der Waals surface area (Å²) in [6.45, 7) is 1.95. The third-order valence-electron chi connectivity index (χ3n) is 5.61. The summed E-state index contributed by atoms with van der Waals surface area (Å²) in [4.78, 5) is 2.64. The zero-order valence-electron chi connectivity index (χ0n) is 16.0. The fourth-order valence-corrected chi connectivity index (χ4v) is 4.19. The molecule has 27 heavy (non-hydrogen) atoms. The molecule has 0 unspecified atom stereocenters. The van der Waals surface area contributed by atoms with Gasteiger partial charge in [0, 0.05) is 19.1 Å². The lowest BCUT2D eigenvalue weighted by molar-refractivity contribution is 0.161. The standard InChI is InChI=1S/C25H27NO/c1-27-25-14-8-13-22-15-16-23(17-24(22)25)26(18-20-9-4-2-5-10-20)19-21-11-6-3-7-12-21/h2-14,23H,15-19H2,1H3/t23-/m0/s1. The maximum atomic E-state index is 5.66. The van der Waals surface area contributed by atoms with Crippen molar-refractivity contribution in [2.45, 2.75) is 38.4 Å². The quantitative estimate of drug-likeness (QED) is 0.597. The molecule has 0 radical (unpaired) electrons. The van der Waals surface area contributed by atoms with E-state index < -0.39 is 0 Å². The zero-order chi connectivity index (χ0) is 18.5. The van der Waals surface area contributed by atoms with Crippen LogP contribution in [0.2, 0.25) is 0 Å². The first-order valence-electron chi connectivity index (χ1n) is 9.80. The van der Waals surface area contributed by atoms with Gasteiger partial charge in [-0.15, -0.1) is 0 Å². The van der Waals surface area contributed by atoms with Crippen molar-refractivity contribution in [2.75, 3.05) is 7.11 Å². The highest BCUT2D eigenvalue weighted by Gasteiger charge is 2.26. The molecule has 1 atom stereocenters. The summed E-state index contributed by atoms with van der Waals surface area (Å²) in [6, 6.07) is 28.6. The average Bonchev–Trinajstić information content (AvgIpc) is 2.74. The molecule has 3 aromatic carbocycles. The Labute approximate surface area is 162 Å². The van der Waals surface area contributed by atoms with Crippen LogP contribution in [0, 0.1) is 0 Å². The van der Waals surface area contributed by atoms with Gasteiger partial charge in [-0.2, -0.15) is 0 Å². The number of aryl methyl sites for hydroxylation is 1. The Morgan fingerprint density at radius 3 is 2.04 bits per heavy atom. The number of ether oxygens (including phenoxy) is 1. The van der Waals surface area contributed by atoms with E-state index in [0.717, 1.165) is 31.7 Å². The summed E-state index contributed by atoms with van der Waals surface area (Å²) >= 11 is 0. The second kappa shape index (κ2) is 8.41. The molecular weight excluding hydrogens is 330 g/mol. The van der Waals surface area contributed by atoms with Gasteiger partial charge in [-0.25, -0.2) is 0 Å². The van der Waals surface area contributed by atoms with E-state index in [9.17, 15) is 0 Å². The maximum Gasteiger partial charge on any atom is 0.122 e. The molecule has 0 fully saturated rings. The lowest BCUT2D eigenvalue weighted by atomic mass is 9.86. The first-order chi connectivity index (χ1) is 13.3. The van der Waals surface area contributed by atoms with Crippen molar-refractivity contribution in [3.63, 3.8) is 0 Å². The Balaban J connectivity index is 1.60. The molecule has 1 aliphatic rings. The third kappa shape index (κ3) is 4.23. The number of fused-ring (bicyclic) bond motifs is 1. The number of rotatable bonds is 6. The lowest BCUT2D eigenvalue weighted by Crippen LogP contribution is -2.38. The van der Waals surface area contributed by atoms with E-state index in [0.29, 0.717) is 6.04 Å². The Morgan fingerprint density at radius 2 is 1.44 bits per heavy atom. The second-order valence-corrected chi connectivity index (χ2v) is 7.37. The van der Waals surface area contributed by atoms with Crippen molar-refractivity contribution >= 4 is 0 Å². The number of hydrogen-bond donors (Lipinski definition) is 0. The molecule has 0 aliphatic heterocycles. The Bertz CT molecular complexity index is 804. The molecule has 0 saturated carbocycles. The number of methoxy groups -OCH3 is 1. The van der Waals surface area contributed by atoms with Gasteiger partial charge < -0.3 is 4.74 Å². The van der Waals surface area contributed by atoms with Gasteiger partial charge in [-0.3, -0.25) is 4.90 Å². The van der Waals surface area contributed by atoms with E-state index in [1.807, 2.05) is 0 Å². The minimum atomic E-state index is 0.522. The van der Waals surface area contributed by atoms with Crippen molar-refractivity contribution in [3.05, 3.63) is 101 Å². The van der Waals surface area contributed by atoms with Crippen LogP contribution in [0.5, 0.6) is 5.75 Å². The first-order valence-corrected chi connectivity index (χ1v) is 9.80. The fraction of sp³-hybridized carbons (Fsp3) is 0.280. The van der Waals surface area contributed by atoms with Crippen LogP contribution in [-0.2, 0) is 25.9 Å². The van der Waals surface area contributed by atoms with E-state index in [-0.39, 0.29) is 0 Å². The fourth-order valence-electron chi connectivity index (χ4n) is 4.19. The summed E-state index contributed by atoms with van der Waals surface area (Å²) in [5.41, 5.74) is 5.59. The van der Waals surface area contributed by atoms with Gasteiger partial charge >= 0.3 is 0 Å². The predicted octanol–water partition coefficient (Wildman–Crippen LogP) is 5.25. The summed E-state index contributed by atoms with van der Waals surface area (Å²) in [5, 5.41) is 0. The summed E-state index contributed by atoms with van der Waals surface area (Å²) in [5.74, 6) is 1.04. The van der Waals surface area contributed by atoms with E-state index in [4.69, 9.17) is 4.74 Å². The molecule has 0 saturated heterocycles. The molecule has 3 aromatic rings. The normalized spacial score (nSPS) is 16.1. The SMILES string of the molecule is COc1cccc2c1C[C@@H](N(Cc1ccccc1)Cc1ccccc1)CC2. The summed E-state index contributed by atoms with van der Waals surface area (Å²) in [7, 11) is 1.78. The van der Waals surface area contributed by atoms with Crippen LogP contribution < -0.4 is 4.74 Å². The van der Waals surface area contributed by atoms with Crippen LogP contribution in [0.4, 0.5) is 0 Å². The number of benzene rings is 3. The Kier molecular flexibility index (Phi) is 5.55. The Morgan fingerprint density at radius 1 is 0.815 bits per heavy atom. The average molecular weight is 357 g/mol. The number of hydrogen-bond acceptors (Lipinski definition) is 2. The van der Waals surface area contributed by atoms with E-state index in [2.05, 4.69) is 83.8 Å². The monoisotopic (exact) mass is 357 g/mol. The maximum absolute atomic E-state index is 5.66. The van der Waals surface area contributed by atoms with E-state index in [1.54, 1.807) is 7.11 Å². The van der Waals surface area contributed by atoms with Crippen molar-refractivity contribution in [2.24, 2.45) is 0 Å². The predicted molar refractivity (Wildman–Crippen MR) is 111 cm³/mol. The van der Waals surface area contributed by atoms with Crippen LogP contribution >= 0.6 is 0 Å². The summed E-state index contributed by atoms with van der Waals surface area (Å²) < 4.78 is 5.66. The van der Waals surface area contributed by atoms with Gasteiger partial charge in [0.05, 0.1) is 7.11 Å². The molecular formula is C25H27NO. The highest BCUT2D eigenvalue weighted by atomic mass is 16.5. The molecule has 4 rings (SSSR count). The van der Waals surface area contributed by atoms with Crippen LogP contribution in [0.3, 0.4) is 0 Å². The van der Waals surface area contributed by atoms with Crippen molar-refractivity contribution in [3.8, 4) is 5.75 Å². The smallest absolute Gasteiger partial charge is 0.122 e. The molecule has 2 nitrogen and oxygen atoms in total. The van der Waals surface area contributed by atoms with Crippen LogP contribution in [0.1, 0.15) is 28.7 Å². The molecule has 1 aliphatic carbocycles. The molecule has 0 bridgehead atoms. The van der Waals surface area contributed by atoms with Gasteiger partial charge in [-0.1, -0.05) is 72.8 Å². The third-order valence-corrected chi connectivity index (χ3v) is 5.61. The van der Waals surface area contributed by atoms with E-state index >= 15 is 0 Å². The van der Waals surface area contributed by atoms with Crippen molar-refractivity contribution in [1.29, 1.82) is 0 Å². The zero-order valence-corrected chi connectivity index (χ0v) is 16.0. The number of nitrogens with zero attached hydrogens (tertiary/aromatic N) is 1. The first kappa shape index (κ1) is 17.8. The van der Waals surface area contributed by atoms with E-state index in [1.165, 1.54) is 28.7 Å². The highest BCUT2D eigenvalue weighted by Crippen LogP contribution is 2.32. The Hall–Kier alpha value is -2.58. The van der Waals surface area contributed by atoms with Gasteiger partial charge in [0.15, 0.2) is 0 Å². The lowest BCUT2D eigenvalue weighted by Gasteiger charge is -2.36. The molecule has 0 amide bonds. The van der Waals surface area contributed by atoms with Gasteiger partial charge in [0.1, 0.15) is 5.75 Å². The van der Waals surface area contributed by atoms with Gasteiger partial charge in [0.25, 0.3) is 0 Å².